The lowest BCUT2D eigenvalue weighted by molar-refractivity contribution is -0.126. The molecular formula is C15H29N3O. The van der Waals surface area contributed by atoms with Crippen molar-refractivity contribution >= 4 is 5.91 Å². The first-order chi connectivity index (χ1) is 9.14. The number of hydrogen-bond donors (Lipinski definition) is 3. The Labute approximate surface area is 116 Å². The predicted octanol–water partition coefficient (Wildman–Crippen LogP) is 1.53. The number of amides is 1. The van der Waals surface area contributed by atoms with Gasteiger partial charge in [0.2, 0.25) is 5.91 Å². The topological polar surface area (TPSA) is 81.1 Å². The van der Waals surface area contributed by atoms with Crippen LogP contribution in [0.25, 0.3) is 0 Å². The maximum atomic E-state index is 12.3. The molecule has 4 heteroatoms. The third kappa shape index (κ3) is 3.93. The molecular weight excluding hydrogens is 238 g/mol. The van der Waals surface area contributed by atoms with E-state index >= 15 is 0 Å². The Kier molecular flexibility index (Phi) is 5.22. The molecule has 2 rings (SSSR count). The van der Waals surface area contributed by atoms with Gasteiger partial charge >= 0.3 is 0 Å². The molecule has 0 unspecified atom stereocenters. The maximum absolute atomic E-state index is 12.3. The van der Waals surface area contributed by atoms with Gasteiger partial charge in [-0.3, -0.25) is 4.79 Å². The summed E-state index contributed by atoms with van der Waals surface area (Å²) in [5, 5.41) is 3.11. The van der Waals surface area contributed by atoms with E-state index in [9.17, 15) is 4.79 Å². The van der Waals surface area contributed by atoms with Crippen LogP contribution in [0.4, 0.5) is 0 Å². The molecule has 0 aliphatic heterocycles. The highest BCUT2D eigenvalue weighted by atomic mass is 16.1. The minimum Gasteiger partial charge on any atom is -0.354 e. The molecule has 1 amide bonds. The molecule has 2 aliphatic rings. The Hall–Kier alpha value is -0.610. The van der Waals surface area contributed by atoms with E-state index in [2.05, 4.69) is 5.32 Å². The molecule has 4 nitrogen and oxygen atoms in total. The molecule has 0 aromatic heterocycles. The molecule has 0 spiro atoms. The van der Waals surface area contributed by atoms with E-state index in [1.54, 1.807) is 0 Å². The van der Waals surface area contributed by atoms with Crippen molar-refractivity contribution < 1.29 is 4.79 Å². The van der Waals surface area contributed by atoms with Gasteiger partial charge in [0.25, 0.3) is 0 Å². The van der Waals surface area contributed by atoms with Crippen LogP contribution in [0.2, 0.25) is 0 Å². The van der Waals surface area contributed by atoms with Gasteiger partial charge in [-0.05, 0) is 38.1 Å². The van der Waals surface area contributed by atoms with E-state index in [0.717, 1.165) is 32.1 Å². The first kappa shape index (κ1) is 14.8. The number of rotatable bonds is 4. The second kappa shape index (κ2) is 6.71. The van der Waals surface area contributed by atoms with E-state index in [1.807, 2.05) is 0 Å². The number of carbonyl (C=O) groups excluding carboxylic acids is 1. The van der Waals surface area contributed by atoms with Crippen LogP contribution in [-0.2, 0) is 4.79 Å². The van der Waals surface area contributed by atoms with Crippen LogP contribution in [0.5, 0.6) is 0 Å². The largest absolute Gasteiger partial charge is 0.354 e. The van der Waals surface area contributed by atoms with Crippen molar-refractivity contribution in [3.8, 4) is 0 Å². The van der Waals surface area contributed by atoms with Crippen LogP contribution < -0.4 is 16.8 Å². The molecule has 110 valence electrons. The van der Waals surface area contributed by atoms with Gasteiger partial charge in [0.15, 0.2) is 0 Å². The van der Waals surface area contributed by atoms with E-state index in [4.69, 9.17) is 11.5 Å². The molecule has 0 radical (unpaired) electrons. The first-order valence-corrected chi connectivity index (χ1v) is 7.91. The molecule has 2 atom stereocenters. The van der Waals surface area contributed by atoms with Gasteiger partial charge < -0.3 is 16.8 Å². The summed E-state index contributed by atoms with van der Waals surface area (Å²) < 4.78 is 0. The van der Waals surface area contributed by atoms with Gasteiger partial charge in [0.05, 0.1) is 0 Å². The van der Waals surface area contributed by atoms with Gasteiger partial charge in [0, 0.05) is 18.0 Å². The van der Waals surface area contributed by atoms with Gasteiger partial charge in [-0.15, -0.1) is 0 Å². The summed E-state index contributed by atoms with van der Waals surface area (Å²) in [4.78, 5) is 12.3. The average Bonchev–Trinajstić information content (AvgIpc) is 2.79. The molecule has 0 heterocycles. The molecule has 2 saturated carbocycles. The maximum Gasteiger partial charge on any atom is 0.223 e. The molecule has 0 aromatic rings. The predicted molar refractivity (Wildman–Crippen MR) is 77.5 cm³/mol. The molecule has 2 fully saturated rings. The minimum atomic E-state index is -0.178. The Bertz CT molecular complexity index is 298. The highest BCUT2D eigenvalue weighted by Crippen LogP contribution is 2.31. The Morgan fingerprint density at radius 3 is 2.42 bits per heavy atom. The van der Waals surface area contributed by atoms with E-state index in [0.29, 0.717) is 19.0 Å². The SMILES string of the molecule is NC[C@H]1CCC[C@H]1C(=O)NCC1(N)CCCCCC1. The van der Waals surface area contributed by atoms with Crippen molar-refractivity contribution in [1.82, 2.24) is 5.32 Å². The molecule has 0 aromatic carbocycles. The van der Waals surface area contributed by atoms with Crippen LogP contribution in [-0.4, -0.2) is 24.5 Å². The third-order valence-electron chi connectivity index (χ3n) is 5.01. The smallest absolute Gasteiger partial charge is 0.223 e. The number of nitrogens with two attached hydrogens (primary N) is 2. The van der Waals surface area contributed by atoms with E-state index in [1.165, 1.54) is 25.7 Å². The zero-order valence-electron chi connectivity index (χ0n) is 12.0. The normalized spacial score (nSPS) is 30.8. The number of carbonyl (C=O) groups is 1. The minimum absolute atomic E-state index is 0.124. The van der Waals surface area contributed by atoms with Crippen molar-refractivity contribution in [2.24, 2.45) is 23.3 Å². The summed E-state index contributed by atoms with van der Waals surface area (Å²) >= 11 is 0. The van der Waals surface area contributed by atoms with Crippen molar-refractivity contribution in [2.45, 2.75) is 63.3 Å². The summed E-state index contributed by atoms with van der Waals surface area (Å²) in [6.45, 7) is 1.27. The zero-order chi connectivity index (χ0) is 13.7. The van der Waals surface area contributed by atoms with Crippen molar-refractivity contribution in [3.63, 3.8) is 0 Å². The van der Waals surface area contributed by atoms with Crippen LogP contribution in [0.1, 0.15) is 57.8 Å². The fraction of sp³-hybridized carbons (Fsp3) is 0.933. The van der Waals surface area contributed by atoms with E-state index < -0.39 is 0 Å². The third-order valence-corrected chi connectivity index (χ3v) is 5.01. The molecule has 5 N–H and O–H groups in total. The Balaban J connectivity index is 1.82. The van der Waals surface area contributed by atoms with Crippen LogP contribution in [0.3, 0.4) is 0 Å². The lowest BCUT2D eigenvalue weighted by Crippen LogP contribution is -2.51. The second-order valence-electron chi connectivity index (χ2n) is 6.53. The summed E-state index contributed by atoms with van der Waals surface area (Å²) in [6, 6.07) is 0. The average molecular weight is 267 g/mol. The summed E-state index contributed by atoms with van der Waals surface area (Å²) in [5.41, 5.74) is 12.0. The number of nitrogens with one attached hydrogen (secondary N) is 1. The number of hydrogen-bond acceptors (Lipinski definition) is 3. The fourth-order valence-electron chi connectivity index (χ4n) is 3.67. The van der Waals surface area contributed by atoms with Gasteiger partial charge in [-0.1, -0.05) is 32.1 Å². The van der Waals surface area contributed by atoms with Crippen molar-refractivity contribution in [2.75, 3.05) is 13.1 Å². The molecule has 19 heavy (non-hydrogen) atoms. The van der Waals surface area contributed by atoms with Crippen molar-refractivity contribution in [3.05, 3.63) is 0 Å². The standard InChI is InChI=1S/C15H29N3O/c16-10-12-6-5-7-13(12)14(19)18-11-15(17)8-3-1-2-4-9-15/h12-13H,1-11,16-17H2,(H,18,19)/t12-,13-/m1/s1. The lowest BCUT2D eigenvalue weighted by atomic mass is 9.90. The van der Waals surface area contributed by atoms with Gasteiger partial charge in [-0.2, -0.15) is 0 Å². The molecule has 2 aliphatic carbocycles. The first-order valence-electron chi connectivity index (χ1n) is 7.91. The zero-order valence-corrected chi connectivity index (χ0v) is 12.0. The van der Waals surface area contributed by atoms with Crippen LogP contribution in [0.15, 0.2) is 0 Å². The molecule has 0 saturated heterocycles. The highest BCUT2D eigenvalue weighted by Gasteiger charge is 2.33. The van der Waals surface area contributed by atoms with Crippen LogP contribution in [0, 0.1) is 11.8 Å². The highest BCUT2D eigenvalue weighted by molar-refractivity contribution is 5.79. The van der Waals surface area contributed by atoms with Crippen LogP contribution >= 0.6 is 0 Å². The lowest BCUT2D eigenvalue weighted by Gasteiger charge is -2.29. The fourth-order valence-corrected chi connectivity index (χ4v) is 3.67. The quantitative estimate of drug-likeness (QED) is 0.676. The Morgan fingerprint density at radius 2 is 1.79 bits per heavy atom. The molecule has 0 bridgehead atoms. The van der Waals surface area contributed by atoms with Crippen molar-refractivity contribution in [1.29, 1.82) is 0 Å². The summed E-state index contributed by atoms with van der Waals surface area (Å²) in [6.07, 6.45) is 10.3. The second-order valence-corrected chi connectivity index (χ2v) is 6.53. The van der Waals surface area contributed by atoms with E-state index in [-0.39, 0.29) is 17.4 Å². The van der Waals surface area contributed by atoms with Gasteiger partial charge in [-0.25, -0.2) is 0 Å². The summed E-state index contributed by atoms with van der Waals surface area (Å²) in [7, 11) is 0. The van der Waals surface area contributed by atoms with Gasteiger partial charge in [0.1, 0.15) is 0 Å². The Morgan fingerprint density at radius 1 is 1.11 bits per heavy atom. The monoisotopic (exact) mass is 267 g/mol. The summed E-state index contributed by atoms with van der Waals surface area (Å²) in [5.74, 6) is 0.684.